The fourth-order valence-corrected chi connectivity index (χ4v) is 2.81. The van der Waals surface area contributed by atoms with Crippen molar-refractivity contribution >= 4 is 14.3 Å². The van der Waals surface area contributed by atoms with Crippen LogP contribution in [-0.2, 0) is 6.42 Å². The van der Waals surface area contributed by atoms with E-state index in [0.717, 1.165) is 8.58 Å². The molecule has 0 fully saturated rings. The highest BCUT2D eigenvalue weighted by molar-refractivity contribution is 7.37. The number of benzene rings is 1. The number of anilines is 1. The summed E-state index contributed by atoms with van der Waals surface area (Å²) in [5, 5.41) is 0. The van der Waals surface area contributed by atoms with Gasteiger partial charge in [-0.2, -0.15) is 0 Å². The van der Waals surface area contributed by atoms with E-state index in [2.05, 4.69) is 36.1 Å². The Morgan fingerprint density at radius 2 is 2.21 bits per heavy atom. The molecule has 1 aromatic carbocycles. The first-order chi connectivity index (χ1) is 6.92. The van der Waals surface area contributed by atoms with Crippen LogP contribution in [-0.4, -0.2) is 25.4 Å². The maximum Gasteiger partial charge on any atom is 0.0399 e. The molecular weight excluding hydrogens is 189 g/mol. The minimum absolute atomic E-state index is 1.14. The van der Waals surface area contributed by atoms with Crippen LogP contribution in [0.3, 0.4) is 0 Å². The van der Waals surface area contributed by atoms with E-state index in [0.29, 0.717) is 0 Å². The van der Waals surface area contributed by atoms with Gasteiger partial charge in [0, 0.05) is 18.8 Å². The third-order valence-corrected chi connectivity index (χ3v) is 3.87. The van der Waals surface area contributed by atoms with Gasteiger partial charge >= 0.3 is 0 Å². The van der Waals surface area contributed by atoms with Crippen molar-refractivity contribution in [2.45, 2.75) is 13.3 Å². The number of fused-ring (bicyclic) bond motifs is 1. The van der Waals surface area contributed by atoms with E-state index < -0.39 is 0 Å². The van der Waals surface area contributed by atoms with E-state index in [9.17, 15) is 0 Å². The van der Waals surface area contributed by atoms with Gasteiger partial charge in [-0.1, -0.05) is 25.1 Å². The summed E-state index contributed by atoms with van der Waals surface area (Å²) in [6, 6.07) is 8.82. The van der Waals surface area contributed by atoms with Gasteiger partial charge in [-0.05, 0) is 30.4 Å². The highest BCUT2D eigenvalue weighted by atomic mass is 31.1. The number of hydrogen-bond acceptors (Lipinski definition) is 1. The zero-order valence-electron chi connectivity index (χ0n) is 8.79. The fraction of sp³-hybridized carbons (Fsp3) is 0.500. The van der Waals surface area contributed by atoms with Crippen LogP contribution >= 0.6 is 8.58 Å². The van der Waals surface area contributed by atoms with Gasteiger partial charge in [-0.3, -0.25) is 0 Å². The van der Waals surface area contributed by atoms with E-state index in [1.165, 1.54) is 43.1 Å². The molecular formula is C12H18NP. The smallest absolute Gasteiger partial charge is 0.0399 e. The Hall–Kier alpha value is -0.550. The van der Waals surface area contributed by atoms with Crippen LogP contribution in [0.1, 0.15) is 12.5 Å². The minimum Gasteiger partial charge on any atom is -0.371 e. The molecule has 76 valence electrons. The summed E-state index contributed by atoms with van der Waals surface area (Å²) < 4.78 is 0. The second-order valence-corrected chi connectivity index (χ2v) is 5.43. The molecule has 1 atom stereocenters. The van der Waals surface area contributed by atoms with Crippen molar-refractivity contribution < 1.29 is 0 Å². The molecule has 0 bridgehead atoms. The molecule has 0 N–H and O–H groups in total. The van der Waals surface area contributed by atoms with Gasteiger partial charge in [0.05, 0.1) is 0 Å². The summed E-state index contributed by atoms with van der Waals surface area (Å²) >= 11 is 0. The Labute approximate surface area is 88.3 Å². The van der Waals surface area contributed by atoms with Crippen LogP contribution in [0.2, 0.25) is 0 Å². The molecule has 0 aromatic heterocycles. The van der Waals surface area contributed by atoms with Crippen molar-refractivity contribution in [3.63, 3.8) is 0 Å². The third-order valence-electron chi connectivity index (χ3n) is 2.79. The van der Waals surface area contributed by atoms with Crippen LogP contribution in [0.15, 0.2) is 24.3 Å². The van der Waals surface area contributed by atoms with Crippen LogP contribution in [0.4, 0.5) is 5.69 Å². The zero-order valence-corrected chi connectivity index (χ0v) is 9.79. The molecule has 0 spiro atoms. The highest BCUT2D eigenvalue weighted by Gasteiger charge is 2.16. The first kappa shape index (κ1) is 9.98. The lowest BCUT2D eigenvalue weighted by atomic mass is 10.2. The van der Waals surface area contributed by atoms with Gasteiger partial charge in [-0.15, -0.1) is 8.58 Å². The largest absolute Gasteiger partial charge is 0.371 e. The Bertz CT molecular complexity index is 298. The van der Waals surface area contributed by atoms with E-state index in [-0.39, 0.29) is 0 Å². The quantitative estimate of drug-likeness (QED) is 0.542. The maximum absolute atomic E-state index is 2.54. The van der Waals surface area contributed by atoms with Crippen LogP contribution < -0.4 is 4.90 Å². The van der Waals surface area contributed by atoms with Crippen LogP contribution in [0.25, 0.3) is 0 Å². The number of nitrogens with zero attached hydrogens (tertiary/aromatic N) is 1. The van der Waals surface area contributed by atoms with Crippen molar-refractivity contribution in [3.8, 4) is 0 Å². The Balaban J connectivity index is 1.96. The minimum atomic E-state index is 1.14. The molecule has 1 aromatic rings. The van der Waals surface area contributed by atoms with E-state index in [1.807, 2.05) is 0 Å². The van der Waals surface area contributed by atoms with Crippen molar-refractivity contribution in [1.29, 1.82) is 0 Å². The molecule has 0 amide bonds. The van der Waals surface area contributed by atoms with Gasteiger partial charge in [0.1, 0.15) is 0 Å². The van der Waals surface area contributed by atoms with Crippen LogP contribution in [0.5, 0.6) is 0 Å². The summed E-state index contributed by atoms with van der Waals surface area (Å²) in [6.45, 7) is 4.76. The summed E-state index contributed by atoms with van der Waals surface area (Å²) in [5.74, 6) is 0. The average Bonchev–Trinajstić information content (AvgIpc) is 2.63. The summed E-state index contributed by atoms with van der Waals surface area (Å²) in [4.78, 5) is 2.54. The molecule has 0 radical (unpaired) electrons. The highest BCUT2D eigenvalue weighted by Crippen LogP contribution is 2.27. The molecule has 1 unspecified atom stereocenters. The summed E-state index contributed by atoms with van der Waals surface area (Å²) in [7, 11) is 1.14. The Morgan fingerprint density at radius 3 is 3.07 bits per heavy atom. The molecule has 1 heterocycles. The molecule has 1 nitrogen and oxygen atoms in total. The second-order valence-electron chi connectivity index (χ2n) is 3.72. The molecule has 0 aliphatic carbocycles. The molecule has 0 saturated carbocycles. The van der Waals surface area contributed by atoms with E-state index in [4.69, 9.17) is 0 Å². The number of para-hydroxylation sites is 1. The lowest BCUT2D eigenvalue weighted by Gasteiger charge is -2.18. The molecule has 1 aliphatic heterocycles. The van der Waals surface area contributed by atoms with Crippen molar-refractivity contribution in [2.75, 3.05) is 30.3 Å². The number of hydrogen-bond donors (Lipinski definition) is 0. The predicted molar refractivity (Wildman–Crippen MR) is 66.1 cm³/mol. The standard InChI is InChI=1S/C12H18NP/c1-2-14-10-9-13-8-7-11-5-3-4-6-12(11)13/h3-6,14H,2,7-10H2,1H3. The summed E-state index contributed by atoms with van der Waals surface area (Å²) in [6.07, 6.45) is 3.95. The summed E-state index contributed by atoms with van der Waals surface area (Å²) in [5.41, 5.74) is 3.01. The average molecular weight is 207 g/mol. The SMILES string of the molecule is CCPCCN1CCc2ccccc21. The molecule has 0 saturated heterocycles. The van der Waals surface area contributed by atoms with Crippen molar-refractivity contribution in [2.24, 2.45) is 0 Å². The van der Waals surface area contributed by atoms with Crippen molar-refractivity contribution in [3.05, 3.63) is 29.8 Å². The van der Waals surface area contributed by atoms with E-state index in [1.54, 1.807) is 0 Å². The lowest BCUT2D eigenvalue weighted by molar-refractivity contribution is 0.872. The van der Waals surface area contributed by atoms with Gasteiger partial charge in [0.2, 0.25) is 0 Å². The monoisotopic (exact) mass is 207 g/mol. The number of rotatable bonds is 4. The molecule has 2 rings (SSSR count). The van der Waals surface area contributed by atoms with Gasteiger partial charge in [0.15, 0.2) is 0 Å². The zero-order chi connectivity index (χ0) is 9.80. The first-order valence-electron chi connectivity index (χ1n) is 5.45. The fourth-order valence-electron chi connectivity index (χ4n) is 2.03. The normalized spacial score (nSPS) is 15.4. The molecule has 2 heteroatoms. The van der Waals surface area contributed by atoms with E-state index >= 15 is 0 Å². The lowest BCUT2D eigenvalue weighted by Crippen LogP contribution is -2.22. The van der Waals surface area contributed by atoms with Crippen LogP contribution in [0, 0.1) is 0 Å². The third kappa shape index (κ3) is 2.09. The second kappa shape index (κ2) is 4.79. The predicted octanol–water partition coefficient (Wildman–Crippen LogP) is 2.75. The Morgan fingerprint density at radius 1 is 1.36 bits per heavy atom. The topological polar surface area (TPSA) is 3.24 Å². The van der Waals surface area contributed by atoms with Crippen molar-refractivity contribution in [1.82, 2.24) is 0 Å². The maximum atomic E-state index is 2.54. The van der Waals surface area contributed by atoms with Gasteiger partial charge in [-0.25, -0.2) is 0 Å². The first-order valence-corrected chi connectivity index (χ1v) is 6.87. The molecule has 14 heavy (non-hydrogen) atoms. The Kier molecular flexibility index (Phi) is 3.42. The molecule has 1 aliphatic rings. The van der Waals surface area contributed by atoms with Gasteiger partial charge < -0.3 is 4.90 Å². The van der Waals surface area contributed by atoms with Gasteiger partial charge in [0.25, 0.3) is 0 Å².